The van der Waals surface area contributed by atoms with Crippen LogP contribution in [0.25, 0.3) is 0 Å². The first-order chi connectivity index (χ1) is 8.88. The smallest absolute Gasteiger partial charge is 0.330 e. The first kappa shape index (κ1) is 19.8. The van der Waals surface area contributed by atoms with Crippen molar-refractivity contribution < 1.29 is 24.0 Å². The summed E-state index contributed by atoms with van der Waals surface area (Å²) in [6.07, 6.45) is 0. The van der Waals surface area contributed by atoms with Gasteiger partial charge in [0, 0.05) is 0 Å². The average molecular weight is 534 g/mol. The molecule has 0 saturated carbocycles. The highest BCUT2D eigenvalue weighted by Crippen LogP contribution is 2.09. The third-order valence-electron chi connectivity index (χ3n) is 2.26. The number of carbonyl (C=O) groups is 2. The van der Waals surface area contributed by atoms with Crippen LogP contribution in [0.3, 0.4) is 0 Å². The predicted molar refractivity (Wildman–Crippen MR) is 86.4 cm³/mol. The maximum absolute atomic E-state index is 11.2. The van der Waals surface area contributed by atoms with Gasteiger partial charge in [0.1, 0.15) is 26.3 Å². The summed E-state index contributed by atoms with van der Waals surface area (Å²) in [5.41, 5.74) is 0. The largest absolute Gasteiger partial charge is 0.458 e. The highest BCUT2D eigenvalue weighted by atomic mass is 79.9. The second-order valence-corrected chi connectivity index (χ2v) is 9.66. The van der Waals surface area contributed by atoms with Crippen molar-refractivity contribution in [1.29, 1.82) is 0 Å². The van der Waals surface area contributed by atoms with Crippen LogP contribution in [0.4, 0.5) is 0 Å². The average Bonchev–Trinajstić information content (AvgIpc) is 2.35. The zero-order valence-electron chi connectivity index (χ0n) is 10.3. The maximum atomic E-state index is 11.2. The predicted octanol–water partition coefficient (Wildman–Crippen LogP) is 1.21. The van der Waals surface area contributed by atoms with E-state index in [0.29, 0.717) is 26.3 Å². The molecule has 0 radical (unpaired) electrons. The number of carbonyl (C=O) groups excluding carboxylic acids is 2. The van der Waals surface area contributed by atoms with Gasteiger partial charge in [-0.1, -0.05) is 63.7 Å². The Hall–Kier alpha value is 0.820. The summed E-state index contributed by atoms with van der Waals surface area (Å²) in [4.78, 5) is 23.6. The molecule has 0 fully saturated rings. The Labute approximate surface area is 146 Å². The number of ether oxygens (including phenoxy) is 2. The van der Waals surface area contributed by atoms with Gasteiger partial charge in [-0.3, -0.25) is 0 Å². The number of hydrogen-bond donors (Lipinski definition) is 1. The van der Waals surface area contributed by atoms with Gasteiger partial charge >= 0.3 is 11.9 Å². The quantitative estimate of drug-likeness (QED) is 0.358. The zero-order valence-corrected chi connectivity index (χ0v) is 16.7. The molecule has 1 N–H and O–H groups in total. The molecule has 0 atom stereocenters. The van der Waals surface area contributed by atoms with Gasteiger partial charge in [-0.2, -0.15) is 0 Å². The summed E-state index contributed by atoms with van der Waals surface area (Å²) in [5, 5.41) is 0. The lowest BCUT2D eigenvalue weighted by Gasteiger charge is -2.17. The van der Waals surface area contributed by atoms with Crippen molar-refractivity contribution in [1.82, 2.24) is 0 Å². The van der Waals surface area contributed by atoms with Crippen LogP contribution in [-0.2, 0) is 19.1 Å². The van der Waals surface area contributed by atoms with Crippen LogP contribution in [-0.4, -0.2) is 52.3 Å². The molecule has 0 aromatic heterocycles. The maximum Gasteiger partial charge on any atom is 0.330 e. The molecule has 5 nitrogen and oxygen atoms in total. The molecule has 0 spiro atoms. The summed E-state index contributed by atoms with van der Waals surface area (Å²) < 4.78 is 9.11. The summed E-state index contributed by atoms with van der Waals surface area (Å²) in [6.45, 7) is 4.92. The number of hydrogen-bond acceptors (Lipinski definition) is 4. The Kier molecular flexibility index (Phi) is 12.0. The van der Waals surface area contributed by atoms with Crippen LogP contribution < -0.4 is 4.90 Å². The van der Waals surface area contributed by atoms with Gasteiger partial charge in [0.15, 0.2) is 7.47 Å². The van der Waals surface area contributed by atoms with E-state index in [2.05, 4.69) is 63.7 Å². The zero-order chi connectivity index (χ0) is 14.8. The number of quaternary nitrogens is 1. The van der Waals surface area contributed by atoms with E-state index in [-0.39, 0.29) is 11.9 Å². The first-order valence-corrected chi connectivity index (χ1v) is 9.27. The normalized spacial score (nSPS) is 11.2. The molecule has 0 aliphatic heterocycles. The summed E-state index contributed by atoms with van der Waals surface area (Å²) in [6, 6.07) is 0. The molecule has 0 aliphatic rings. The minimum absolute atomic E-state index is 0.336. The second kappa shape index (κ2) is 11.5. The van der Waals surface area contributed by atoms with Gasteiger partial charge in [0.05, 0.1) is 6.54 Å². The molecule has 0 heterocycles. The second-order valence-electron chi connectivity index (χ2n) is 3.54. The number of alkyl halides is 4. The molecule has 0 aromatic carbocycles. The summed E-state index contributed by atoms with van der Waals surface area (Å²) in [7, 11) is 0. The molecule has 0 aliphatic carbocycles. The molecule has 9 heteroatoms. The SMILES string of the molecule is CC[NH+](CCOC(=O)C(Br)Br)CCOC(=O)C(Br)Br. The van der Waals surface area contributed by atoms with Gasteiger partial charge < -0.3 is 14.4 Å². The molecule has 0 unspecified atom stereocenters. The van der Waals surface area contributed by atoms with E-state index < -0.39 is 7.47 Å². The van der Waals surface area contributed by atoms with Crippen LogP contribution >= 0.6 is 63.7 Å². The molecule has 112 valence electrons. The minimum atomic E-state index is -0.471. The summed E-state index contributed by atoms with van der Waals surface area (Å²) in [5.74, 6) is -0.688. The van der Waals surface area contributed by atoms with Crippen molar-refractivity contribution in [2.24, 2.45) is 0 Å². The molecule has 0 saturated heterocycles. The third-order valence-corrected chi connectivity index (χ3v) is 3.75. The Balaban J connectivity index is 3.78. The van der Waals surface area contributed by atoms with Crippen molar-refractivity contribution in [3.05, 3.63) is 0 Å². The molecule has 0 bridgehead atoms. The lowest BCUT2D eigenvalue weighted by molar-refractivity contribution is -0.898. The highest BCUT2D eigenvalue weighted by Gasteiger charge is 2.15. The Bertz CT molecular complexity index is 263. The van der Waals surface area contributed by atoms with E-state index in [0.717, 1.165) is 6.54 Å². The lowest BCUT2D eigenvalue weighted by atomic mass is 10.5. The number of esters is 2. The standard InChI is InChI=1S/C10H15Br4NO4/c1-2-15(3-5-18-9(16)7(11)12)4-6-19-10(17)8(13)14/h7-8H,2-6H2,1H3/p+1. The molecule has 0 amide bonds. The van der Waals surface area contributed by atoms with E-state index in [9.17, 15) is 9.59 Å². The fourth-order valence-corrected chi connectivity index (χ4v) is 1.73. The lowest BCUT2D eigenvalue weighted by Crippen LogP contribution is -3.12. The van der Waals surface area contributed by atoms with E-state index in [1.807, 2.05) is 6.92 Å². The van der Waals surface area contributed by atoms with Crippen molar-refractivity contribution >= 4 is 75.7 Å². The number of halogens is 4. The van der Waals surface area contributed by atoms with Gasteiger partial charge in [0.2, 0.25) is 0 Å². The van der Waals surface area contributed by atoms with Crippen LogP contribution in [0.2, 0.25) is 0 Å². The van der Waals surface area contributed by atoms with Crippen LogP contribution in [0.15, 0.2) is 0 Å². The van der Waals surface area contributed by atoms with E-state index in [1.165, 1.54) is 4.90 Å². The molecule has 0 aromatic rings. The van der Waals surface area contributed by atoms with Crippen molar-refractivity contribution in [3.8, 4) is 0 Å². The first-order valence-electron chi connectivity index (χ1n) is 5.61. The molecule has 0 rings (SSSR count). The van der Waals surface area contributed by atoms with Gasteiger partial charge in [-0.15, -0.1) is 0 Å². The highest BCUT2D eigenvalue weighted by molar-refractivity contribution is 9.25. The van der Waals surface area contributed by atoms with Gasteiger partial charge in [0.25, 0.3) is 0 Å². The molecular weight excluding hydrogens is 518 g/mol. The Morgan fingerprint density at radius 2 is 1.32 bits per heavy atom. The Morgan fingerprint density at radius 1 is 0.947 bits per heavy atom. The fourth-order valence-electron chi connectivity index (χ4n) is 1.20. The Morgan fingerprint density at radius 3 is 1.58 bits per heavy atom. The van der Waals surface area contributed by atoms with Crippen molar-refractivity contribution in [3.63, 3.8) is 0 Å². The number of nitrogens with one attached hydrogen (secondary N) is 1. The van der Waals surface area contributed by atoms with Crippen LogP contribution in [0, 0.1) is 0 Å². The van der Waals surface area contributed by atoms with Crippen LogP contribution in [0.5, 0.6) is 0 Å². The van der Waals surface area contributed by atoms with E-state index >= 15 is 0 Å². The minimum Gasteiger partial charge on any atom is -0.458 e. The molecular formula is C10H16Br4NO4+. The number of rotatable bonds is 9. The fraction of sp³-hybridized carbons (Fsp3) is 0.800. The molecule has 19 heavy (non-hydrogen) atoms. The van der Waals surface area contributed by atoms with Crippen molar-refractivity contribution in [2.45, 2.75) is 14.4 Å². The summed E-state index contributed by atoms with van der Waals surface area (Å²) >= 11 is 12.3. The number of likely N-dealkylation sites (N-methyl/N-ethyl adjacent to an activating group) is 1. The third kappa shape index (κ3) is 10.2. The van der Waals surface area contributed by atoms with E-state index in [1.54, 1.807) is 0 Å². The van der Waals surface area contributed by atoms with E-state index in [4.69, 9.17) is 9.47 Å². The van der Waals surface area contributed by atoms with Crippen LogP contribution in [0.1, 0.15) is 6.92 Å². The van der Waals surface area contributed by atoms with Gasteiger partial charge in [-0.25, -0.2) is 9.59 Å². The van der Waals surface area contributed by atoms with Crippen molar-refractivity contribution in [2.75, 3.05) is 32.8 Å². The topological polar surface area (TPSA) is 57.0 Å². The monoisotopic (exact) mass is 530 g/mol. The van der Waals surface area contributed by atoms with Gasteiger partial charge in [-0.05, 0) is 6.92 Å².